The number of nitrogens with zero attached hydrogens (tertiary/aromatic N) is 1. The summed E-state index contributed by atoms with van der Waals surface area (Å²) in [4.78, 5) is 27.7. The van der Waals surface area contributed by atoms with E-state index in [-0.39, 0.29) is 17.9 Å². The molecule has 2 aromatic carbocycles. The van der Waals surface area contributed by atoms with Crippen LogP contribution in [0.25, 0.3) is 0 Å². The first-order valence-corrected chi connectivity index (χ1v) is 10.2. The summed E-state index contributed by atoms with van der Waals surface area (Å²) in [6.07, 6.45) is 0.180. The van der Waals surface area contributed by atoms with E-state index in [1.807, 2.05) is 86.3 Å². The van der Waals surface area contributed by atoms with Crippen molar-refractivity contribution in [2.24, 2.45) is 5.92 Å². The lowest BCUT2D eigenvalue weighted by Gasteiger charge is -2.29. The van der Waals surface area contributed by atoms with Gasteiger partial charge in [-0.3, -0.25) is 4.79 Å². The third-order valence-electron chi connectivity index (χ3n) is 5.26. The Bertz CT molecular complexity index is 830. The second kappa shape index (κ2) is 8.68. The zero-order chi connectivity index (χ0) is 21.0. The molecule has 0 aliphatic carbocycles. The predicted octanol–water partition coefficient (Wildman–Crippen LogP) is 4.86. The lowest BCUT2D eigenvalue weighted by Crippen LogP contribution is -2.40. The third kappa shape index (κ3) is 5.17. The van der Waals surface area contributed by atoms with Gasteiger partial charge in [-0.1, -0.05) is 60.7 Å². The largest absolute Gasteiger partial charge is 0.444 e. The summed E-state index contributed by atoms with van der Waals surface area (Å²) in [6.45, 7) is 8.20. The van der Waals surface area contributed by atoms with Crippen molar-refractivity contribution in [2.75, 3.05) is 6.54 Å². The first kappa shape index (κ1) is 20.9. The number of carbonyl (C=O) groups is 2. The topological polar surface area (TPSA) is 58.6 Å². The number of carbonyl (C=O) groups excluding carboxylic acids is 2. The van der Waals surface area contributed by atoms with Gasteiger partial charge < -0.3 is 15.0 Å². The highest BCUT2D eigenvalue weighted by molar-refractivity contribution is 5.83. The Morgan fingerprint density at radius 3 is 2.14 bits per heavy atom. The molecule has 5 heteroatoms. The van der Waals surface area contributed by atoms with Crippen LogP contribution in [0.15, 0.2) is 60.7 Å². The van der Waals surface area contributed by atoms with Gasteiger partial charge in [0.25, 0.3) is 0 Å². The van der Waals surface area contributed by atoms with E-state index in [9.17, 15) is 9.59 Å². The smallest absolute Gasteiger partial charge is 0.408 e. The molecular weight excluding hydrogens is 364 g/mol. The van der Waals surface area contributed by atoms with Crippen LogP contribution in [0.2, 0.25) is 0 Å². The second-order valence-corrected chi connectivity index (χ2v) is 8.55. The normalized spacial score (nSPS) is 19.0. The number of ether oxygens (including phenoxy) is 1. The van der Waals surface area contributed by atoms with E-state index in [2.05, 4.69) is 12.2 Å². The average molecular weight is 395 g/mol. The van der Waals surface area contributed by atoms with Gasteiger partial charge >= 0.3 is 6.09 Å². The molecule has 1 saturated heterocycles. The van der Waals surface area contributed by atoms with E-state index in [1.165, 1.54) is 0 Å². The Labute approximate surface area is 173 Å². The van der Waals surface area contributed by atoms with Crippen LogP contribution >= 0.6 is 0 Å². The van der Waals surface area contributed by atoms with Crippen molar-refractivity contribution in [1.82, 2.24) is 10.2 Å². The van der Waals surface area contributed by atoms with Crippen LogP contribution in [0.4, 0.5) is 4.79 Å². The molecule has 1 fully saturated rings. The third-order valence-corrected chi connectivity index (χ3v) is 5.26. The van der Waals surface area contributed by atoms with E-state index >= 15 is 0 Å². The van der Waals surface area contributed by atoms with Crippen molar-refractivity contribution in [2.45, 2.75) is 51.8 Å². The Balaban J connectivity index is 1.81. The number of alkyl carbamates (subject to hydrolysis) is 1. The fourth-order valence-electron chi connectivity index (χ4n) is 3.84. The maximum atomic E-state index is 13.3. The Hall–Kier alpha value is -2.82. The van der Waals surface area contributed by atoms with E-state index in [1.54, 1.807) is 0 Å². The SMILES string of the molecule is C[C@H](c1ccccc1)N1CCC(C(NC(=O)OC(C)(C)C)c2ccccc2)C1=O. The van der Waals surface area contributed by atoms with Crippen LogP contribution in [0.5, 0.6) is 0 Å². The average Bonchev–Trinajstić information content (AvgIpc) is 3.06. The molecule has 0 bridgehead atoms. The van der Waals surface area contributed by atoms with Gasteiger partial charge in [-0.15, -0.1) is 0 Å². The van der Waals surface area contributed by atoms with E-state index in [4.69, 9.17) is 4.74 Å². The highest BCUT2D eigenvalue weighted by atomic mass is 16.6. The summed E-state index contributed by atoms with van der Waals surface area (Å²) >= 11 is 0. The highest BCUT2D eigenvalue weighted by Gasteiger charge is 2.41. The van der Waals surface area contributed by atoms with Gasteiger partial charge in [0.05, 0.1) is 18.0 Å². The van der Waals surface area contributed by atoms with E-state index in [0.717, 1.165) is 11.1 Å². The summed E-state index contributed by atoms with van der Waals surface area (Å²) in [6, 6.07) is 19.2. The molecule has 5 nitrogen and oxygen atoms in total. The maximum absolute atomic E-state index is 13.3. The summed E-state index contributed by atoms with van der Waals surface area (Å²) in [7, 11) is 0. The quantitative estimate of drug-likeness (QED) is 0.788. The van der Waals surface area contributed by atoms with Crippen molar-refractivity contribution in [3.05, 3.63) is 71.8 Å². The van der Waals surface area contributed by atoms with E-state index < -0.39 is 17.7 Å². The molecule has 29 heavy (non-hydrogen) atoms. The standard InChI is InChI=1S/C24H30N2O3/c1-17(18-11-7-5-8-12-18)26-16-15-20(22(26)27)21(19-13-9-6-10-14-19)25-23(28)29-24(2,3)4/h5-14,17,20-21H,15-16H2,1-4H3,(H,25,28)/t17-,20?,21?/m1/s1. The van der Waals surface area contributed by atoms with Crippen molar-refractivity contribution in [3.8, 4) is 0 Å². The molecule has 1 N–H and O–H groups in total. The minimum absolute atomic E-state index is 0.00773. The van der Waals surface area contributed by atoms with Crippen LogP contribution in [0.3, 0.4) is 0 Å². The Kier molecular flexibility index (Phi) is 6.26. The summed E-state index contributed by atoms with van der Waals surface area (Å²) in [5.41, 5.74) is 1.42. The number of benzene rings is 2. The molecule has 2 unspecified atom stereocenters. The van der Waals surface area contributed by atoms with Crippen molar-refractivity contribution >= 4 is 12.0 Å². The fourth-order valence-corrected chi connectivity index (χ4v) is 3.84. The first-order valence-electron chi connectivity index (χ1n) is 10.2. The van der Waals surface area contributed by atoms with Crippen LogP contribution in [0.1, 0.15) is 57.3 Å². The molecule has 2 amide bonds. The molecule has 0 radical (unpaired) electrons. The number of nitrogens with one attached hydrogen (secondary N) is 1. The lowest BCUT2D eigenvalue weighted by atomic mass is 9.91. The molecule has 154 valence electrons. The zero-order valence-corrected chi connectivity index (χ0v) is 17.6. The molecule has 3 atom stereocenters. The Morgan fingerprint density at radius 2 is 1.59 bits per heavy atom. The summed E-state index contributed by atoms with van der Waals surface area (Å²) in [5.74, 6) is -0.262. The van der Waals surface area contributed by atoms with E-state index in [0.29, 0.717) is 13.0 Å². The van der Waals surface area contributed by atoms with Crippen LogP contribution in [-0.4, -0.2) is 29.0 Å². The number of amides is 2. The van der Waals surface area contributed by atoms with Gasteiger partial charge in [-0.05, 0) is 45.2 Å². The monoisotopic (exact) mass is 394 g/mol. The second-order valence-electron chi connectivity index (χ2n) is 8.55. The molecule has 0 saturated carbocycles. The molecule has 1 aliphatic rings. The molecule has 2 aromatic rings. The number of rotatable bonds is 5. The molecule has 1 aliphatic heterocycles. The molecular formula is C24H30N2O3. The van der Waals surface area contributed by atoms with Gasteiger partial charge in [-0.2, -0.15) is 0 Å². The lowest BCUT2D eigenvalue weighted by molar-refractivity contribution is -0.133. The van der Waals surface area contributed by atoms with Crippen molar-refractivity contribution in [1.29, 1.82) is 0 Å². The minimum Gasteiger partial charge on any atom is -0.444 e. The molecule has 0 spiro atoms. The highest BCUT2D eigenvalue weighted by Crippen LogP contribution is 2.35. The van der Waals surface area contributed by atoms with Gasteiger partial charge in [0.2, 0.25) is 5.91 Å². The predicted molar refractivity (Wildman–Crippen MR) is 113 cm³/mol. The fraction of sp³-hybridized carbons (Fsp3) is 0.417. The molecule has 1 heterocycles. The molecule has 3 rings (SSSR count). The zero-order valence-electron chi connectivity index (χ0n) is 17.6. The summed E-state index contributed by atoms with van der Waals surface area (Å²) in [5, 5.41) is 2.95. The Morgan fingerprint density at radius 1 is 1.03 bits per heavy atom. The van der Waals surface area contributed by atoms with Gasteiger partial charge in [0.15, 0.2) is 0 Å². The van der Waals surface area contributed by atoms with Crippen LogP contribution < -0.4 is 5.32 Å². The number of likely N-dealkylation sites (tertiary alicyclic amines) is 1. The van der Waals surface area contributed by atoms with Gasteiger partial charge in [-0.25, -0.2) is 4.79 Å². The first-order chi connectivity index (χ1) is 13.8. The maximum Gasteiger partial charge on any atom is 0.408 e. The van der Waals surface area contributed by atoms with Crippen LogP contribution in [0, 0.1) is 5.92 Å². The van der Waals surface area contributed by atoms with Gasteiger partial charge in [0, 0.05) is 6.54 Å². The molecule has 0 aromatic heterocycles. The number of hydrogen-bond acceptors (Lipinski definition) is 3. The number of hydrogen-bond donors (Lipinski definition) is 1. The van der Waals surface area contributed by atoms with Crippen molar-refractivity contribution in [3.63, 3.8) is 0 Å². The van der Waals surface area contributed by atoms with Crippen molar-refractivity contribution < 1.29 is 14.3 Å². The van der Waals surface area contributed by atoms with Crippen LogP contribution in [-0.2, 0) is 9.53 Å². The van der Waals surface area contributed by atoms with Gasteiger partial charge in [0.1, 0.15) is 5.60 Å². The summed E-state index contributed by atoms with van der Waals surface area (Å²) < 4.78 is 5.45. The minimum atomic E-state index is -0.598.